The molecular formula is C9H17NO2. The number of nitrogens with two attached hydrogens (primary N) is 1. The summed E-state index contributed by atoms with van der Waals surface area (Å²) in [4.78, 5) is 0. The lowest BCUT2D eigenvalue weighted by atomic mass is 10.1. The number of rotatable bonds is 5. The molecule has 0 unspecified atom stereocenters. The average Bonchev–Trinajstić information content (AvgIpc) is 2.65. The topological polar surface area (TPSA) is 44.5 Å². The second kappa shape index (κ2) is 3.32. The summed E-state index contributed by atoms with van der Waals surface area (Å²) < 4.78 is 10.5. The molecule has 12 heavy (non-hydrogen) atoms. The van der Waals surface area contributed by atoms with Gasteiger partial charge in [-0.1, -0.05) is 0 Å². The molecule has 3 heteroatoms. The van der Waals surface area contributed by atoms with Gasteiger partial charge >= 0.3 is 0 Å². The van der Waals surface area contributed by atoms with E-state index in [0.717, 1.165) is 32.7 Å². The van der Waals surface area contributed by atoms with E-state index < -0.39 is 0 Å². The first-order valence-corrected chi connectivity index (χ1v) is 4.77. The minimum atomic E-state index is 0.194. The van der Waals surface area contributed by atoms with Gasteiger partial charge in [-0.2, -0.15) is 0 Å². The monoisotopic (exact) mass is 171 g/mol. The fourth-order valence-electron chi connectivity index (χ4n) is 1.40. The van der Waals surface area contributed by atoms with Gasteiger partial charge in [0.05, 0.1) is 13.2 Å². The molecule has 2 N–H and O–H groups in total. The van der Waals surface area contributed by atoms with Crippen LogP contribution in [-0.2, 0) is 9.47 Å². The Morgan fingerprint density at radius 1 is 1.42 bits per heavy atom. The van der Waals surface area contributed by atoms with Crippen LogP contribution in [0.2, 0.25) is 0 Å². The Kier molecular flexibility index (Phi) is 2.35. The predicted octanol–water partition coefficient (Wildman–Crippen LogP) is 0.673. The summed E-state index contributed by atoms with van der Waals surface area (Å²) in [7, 11) is 0. The van der Waals surface area contributed by atoms with Crippen molar-refractivity contribution in [2.45, 2.75) is 37.3 Å². The molecule has 2 rings (SSSR count). The lowest BCUT2D eigenvalue weighted by Gasteiger charge is -2.26. The van der Waals surface area contributed by atoms with Gasteiger partial charge in [0.25, 0.3) is 0 Å². The maximum atomic E-state index is 5.93. The molecule has 2 fully saturated rings. The highest BCUT2D eigenvalue weighted by atomic mass is 16.6. The Bertz CT molecular complexity index is 153. The second-order valence-corrected chi connectivity index (χ2v) is 4.00. The van der Waals surface area contributed by atoms with E-state index in [2.05, 4.69) is 0 Å². The van der Waals surface area contributed by atoms with E-state index in [9.17, 15) is 0 Å². The molecule has 2 aliphatic rings. The number of hydrogen-bond acceptors (Lipinski definition) is 3. The van der Waals surface area contributed by atoms with Crippen LogP contribution in [0.3, 0.4) is 0 Å². The molecule has 0 radical (unpaired) electrons. The Hall–Kier alpha value is -0.120. The Labute approximate surface area is 73.2 Å². The molecule has 0 amide bonds. The van der Waals surface area contributed by atoms with Crippen LogP contribution in [0.1, 0.15) is 25.7 Å². The molecule has 1 aliphatic carbocycles. The summed E-state index contributed by atoms with van der Waals surface area (Å²) in [6.45, 7) is 2.43. The molecule has 70 valence electrons. The highest BCUT2D eigenvalue weighted by Gasteiger charge is 2.37. The van der Waals surface area contributed by atoms with Crippen LogP contribution in [0, 0.1) is 0 Å². The SMILES string of the molecule is NC1(CCCOC2COC2)CC1. The highest BCUT2D eigenvalue weighted by molar-refractivity contribution is 4.98. The van der Waals surface area contributed by atoms with Crippen molar-refractivity contribution in [1.29, 1.82) is 0 Å². The normalized spacial score (nSPS) is 26.8. The molecular weight excluding hydrogens is 154 g/mol. The van der Waals surface area contributed by atoms with Crippen molar-refractivity contribution < 1.29 is 9.47 Å². The van der Waals surface area contributed by atoms with Crippen LogP contribution < -0.4 is 5.73 Å². The quantitative estimate of drug-likeness (QED) is 0.618. The highest BCUT2D eigenvalue weighted by Crippen LogP contribution is 2.36. The largest absolute Gasteiger partial charge is 0.376 e. The van der Waals surface area contributed by atoms with Crippen LogP contribution >= 0.6 is 0 Å². The molecule has 3 nitrogen and oxygen atoms in total. The van der Waals surface area contributed by atoms with Gasteiger partial charge in [0, 0.05) is 12.1 Å². The van der Waals surface area contributed by atoms with E-state index in [0.29, 0.717) is 6.10 Å². The number of hydrogen-bond donors (Lipinski definition) is 1. The van der Waals surface area contributed by atoms with Crippen LogP contribution in [0.4, 0.5) is 0 Å². The summed E-state index contributed by atoms with van der Waals surface area (Å²) in [6, 6.07) is 0. The smallest absolute Gasteiger partial charge is 0.104 e. The minimum Gasteiger partial charge on any atom is -0.376 e. The first kappa shape index (κ1) is 8.48. The van der Waals surface area contributed by atoms with Crippen molar-refractivity contribution in [1.82, 2.24) is 0 Å². The first-order valence-electron chi connectivity index (χ1n) is 4.77. The fraction of sp³-hybridized carbons (Fsp3) is 1.00. The molecule has 0 bridgehead atoms. The van der Waals surface area contributed by atoms with E-state index in [-0.39, 0.29) is 5.54 Å². The zero-order chi connectivity index (χ0) is 8.44. The maximum Gasteiger partial charge on any atom is 0.104 e. The fourth-order valence-corrected chi connectivity index (χ4v) is 1.40. The summed E-state index contributed by atoms with van der Waals surface area (Å²) in [5.41, 5.74) is 6.12. The predicted molar refractivity (Wildman–Crippen MR) is 45.9 cm³/mol. The summed E-state index contributed by atoms with van der Waals surface area (Å²) >= 11 is 0. The molecule has 1 saturated heterocycles. The average molecular weight is 171 g/mol. The van der Waals surface area contributed by atoms with Gasteiger partial charge < -0.3 is 15.2 Å². The van der Waals surface area contributed by atoms with Crippen LogP contribution in [0.25, 0.3) is 0 Å². The molecule has 0 atom stereocenters. The third-order valence-electron chi connectivity index (χ3n) is 2.67. The van der Waals surface area contributed by atoms with Crippen molar-refractivity contribution in [3.05, 3.63) is 0 Å². The second-order valence-electron chi connectivity index (χ2n) is 4.00. The van der Waals surface area contributed by atoms with Crippen molar-refractivity contribution >= 4 is 0 Å². The van der Waals surface area contributed by atoms with Gasteiger partial charge in [-0.25, -0.2) is 0 Å². The van der Waals surface area contributed by atoms with Gasteiger partial charge in [0.1, 0.15) is 6.10 Å². The van der Waals surface area contributed by atoms with Crippen LogP contribution in [-0.4, -0.2) is 31.5 Å². The van der Waals surface area contributed by atoms with Crippen LogP contribution in [0.15, 0.2) is 0 Å². The Morgan fingerprint density at radius 3 is 2.67 bits per heavy atom. The van der Waals surface area contributed by atoms with Gasteiger partial charge in [-0.05, 0) is 25.7 Å². The standard InChI is InChI=1S/C9H17NO2/c10-9(3-4-9)2-1-5-12-8-6-11-7-8/h8H,1-7,10H2. The van der Waals surface area contributed by atoms with Crippen molar-refractivity contribution in [2.75, 3.05) is 19.8 Å². The Balaban J connectivity index is 1.46. The van der Waals surface area contributed by atoms with E-state index in [1.165, 1.54) is 12.8 Å². The first-order chi connectivity index (χ1) is 5.79. The third kappa shape index (κ3) is 2.19. The van der Waals surface area contributed by atoms with E-state index in [1.807, 2.05) is 0 Å². The zero-order valence-corrected chi connectivity index (χ0v) is 7.42. The van der Waals surface area contributed by atoms with Gasteiger partial charge in [-0.3, -0.25) is 0 Å². The van der Waals surface area contributed by atoms with Crippen LogP contribution in [0.5, 0.6) is 0 Å². The van der Waals surface area contributed by atoms with Gasteiger partial charge in [0.2, 0.25) is 0 Å². The lowest BCUT2D eigenvalue weighted by molar-refractivity contribution is -0.130. The van der Waals surface area contributed by atoms with Gasteiger partial charge in [-0.15, -0.1) is 0 Å². The molecule has 1 heterocycles. The van der Waals surface area contributed by atoms with E-state index >= 15 is 0 Å². The van der Waals surface area contributed by atoms with Crippen molar-refractivity contribution in [2.24, 2.45) is 5.73 Å². The number of ether oxygens (including phenoxy) is 2. The van der Waals surface area contributed by atoms with Crippen molar-refractivity contribution in [3.63, 3.8) is 0 Å². The third-order valence-corrected chi connectivity index (χ3v) is 2.67. The summed E-state index contributed by atoms with van der Waals surface area (Å²) in [5.74, 6) is 0. The minimum absolute atomic E-state index is 0.194. The molecule has 0 aromatic carbocycles. The van der Waals surface area contributed by atoms with Gasteiger partial charge in [0.15, 0.2) is 0 Å². The lowest BCUT2D eigenvalue weighted by Crippen LogP contribution is -2.36. The zero-order valence-electron chi connectivity index (χ0n) is 7.42. The molecule has 0 aromatic rings. The Morgan fingerprint density at radius 2 is 2.17 bits per heavy atom. The molecule has 1 aliphatic heterocycles. The van der Waals surface area contributed by atoms with E-state index in [1.54, 1.807) is 0 Å². The van der Waals surface area contributed by atoms with E-state index in [4.69, 9.17) is 15.2 Å². The molecule has 0 spiro atoms. The molecule has 1 saturated carbocycles. The molecule has 0 aromatic heterocycles. The van der Waals surface area contributed by atoms with Crippen molar-refractivity contribution in [3.8, 4) is 0 Å². The summed E-state index contributed by atoms with van der Waals surface area (Å²) in [6.07, 6.45) is 5.02. The summed E-state index contributed by atoms with van der Waals surface area (Å²) in [5, 5.41) is 0. The maximum absolute atomic E-state index is 5.93.